The molecule has 3 aromatic carbocycles. The van der Waals surface area contributed by atoms with E-state index >= 15 is 0 Å². The third kappa shape index (κ3) is 3.05. The molecule has 2 atom stereocenters. The number of fused-ring (bicyclic) bond motifs is 2. The second-order valence-corrected chi connectivity index (χ2v) is 6.81. The molecule has 3 N–H and O–H groups in total. The number of benzene rings is 3. The van der Waals surface area contributed by atoms with Gasteiger partial charge in [0.25, 0.3) is 5.91 Å². The van der Waals surface area contributed by atoms with Gasteiger partial charge in [-0.3, -0.25) is 9.59 Å². The molecule has 0 unspecified atom stereocenters. The molecule has 3 aromatic rings. The van der Waals surface area contributed by atoms with Crippen LogP contribution in [0.1, 0.15) is 10.4 Å². The van der Waals surface area contributed by atoms with Crippen LogP contribution in [0.2, 0.25) is 0 Å². The zero-order valence-corrected chi connectivity index (χ0v) is 14.8. The highest BCUT2D eigenvalue weighted by Gasteiger charge is 2.43. The van der Waals surface area contributed by atoms with Gasteiger partial charge in [0.2, 0.25) is 0 Å². The monoisotopic (exact) mass is 378 g/mol. The number of piperazine rings is 1. The van der Waals surface area contributed by atoms with E-state index in [4.69, 9.17) is 0 Å². The van der Waals surface area contributed by atoms with Gasteiger partial charge in [0, 0.05) is 18.7 Å². The second kappa shape index (κ2) is 6.94. The summed E-state index contributed by atoms with van der Waals surface area (Å²) in [7, 11) is 0. The van der Waals surface area contributed by atoms with Gasteiger partial charge in [-0.1, -0.05) is 30.3 Å². The third-order valence-corrected chi connectivity index (χ3v) is 5.10. The second-order valence-electron chi connectivity index (χ2n) is 6.81. The Balaban J connectivity index is 1.73. The minimum Gasteiger partial charge on any atom is -0.480 e. The fourth-order valence-corrected chi connectivity index (χ4v) is 3.74. The van der Waals surface area contributed by atoms with E-state index in [-0.39, 0.29) is 13.1 Å². The molecule has 0 aliphatic carbocycles. The number of nitrogens with zero attached hydrogens (tertiary/aromatic N) is 1. The number of nitrogens with one attached hydrogen (secondary N) is 1. The Morgan fingerprint density at radius 3 is 2.14 bits per heavy atom. The molecule has 1 saturated heterocycles. The van der Waals surface area contributed by atoms with Gasteiger partial charge < -0.3 is 20.4 Å². The standard InChI is InChI=1S/C21H18N2O5/c24-19(23-8-7-22-17(20(25)26)18(23)21(27)28)15-6-5-14-9-12-3-1-2-4-13(12)10-16(14)11-15/h1-6,9-11,17-18,22H,7-8H2,(H,25,26)(H,27,28)/t17-,18+/m0/s1. The smallest absolute Gasteiger partial charge is 0.328 e. The molecule has 0 saturated carbocycles. The Labute approximate surface area is 160 Å². The van der Waals surface area contributed by atoms with Gasteiger partial charge in [-0.25, -0.2) is 4.79 Å². The maximum absolute atomic E-state index is 13.0. The quantitative estimate of drug-likeness (QED) is 0.602. The van der Waals surface area contributed by atoms with Crippen LogP contribution in [0.3, 0.4) is 0 Å². The molecular formula is C21H18N2O5. The molecule has 4 rings (SSSR count). The first-order chi connectivity index (χ1) is 13.5. The van der Waals surface area contributed by atoms with E-state index < -0.39 is 29.9 Å². The number of carbonyl (C=O) groups excluding carboxylic acids is 1. The first kappa shape index (κ1) is 17.9. The number of amides is 1. The van der Waals surface area contributed by atoms with Crippen molar-refractivity contribution in [3.8, 4) is 0 Å². The molecule has 0 radical (unpaired) electrons. The van der Waals surface area contributed by atoms with E-state index in [1.807, 2.05) is 42.5 Å². The average molecular weight is 378 g/mol. The Hall–Kier alpha value is -3.45. The van der Waals surface area contributed by atoms with Crippen LogP contribution in [0, 0.1) is 0 Å². The van der Waals surface area contributed by atoms with Crippen LogP contribution in [0.15, 0.2) is 54.6 Å². The van der Waals surface area contributed by atoms with E-state index in [9.17, 15) is 24.6 Å². The molecule has 0 aromatic heterocycles. The highest BCUT2D eigenvalue weighted by molar-refractivity contribution is 6.04. The van der Waals surface area contributed by atoms with Gasteiger partial charge in [0.05, 0.1) is 0 Å². The highest BCUT2D eigenvalue weighted by Crippen LogP contribution is 2.25. The predicted molar refractivity (Wildman–Crippen MR) is 103 cm³/mol. The SMILES string of the molecule is O=C(O)[C@H]1NCCN(C(=O)c2ccc3cc4ccccc4cc3c2)[C@H]1C(=O)O. The highest BCUT2D eigenvalue weighted by atomic mass is 16.4. The molecule has 7 nitrogen and oxygen atoms in total. The maximum atomic E-state index is 13.0. The van der Waals surface area contributed by atoms with E-state index in [0.29, 0.717) is 5.56 Å². The Kier molecular flexibility index (Phi) is 4.44. The van der Waals surface area contributed by atoms with Crippen LogP contribution < -0.4 is 5.32 Å². The molecule has 1 fully saturated rings. The number of rotatable bonds is 3. The summed E-state index contributed by atoms with van der Waals surface area (Å²) in [4.78, 5) is 37.2. The molecule has 0 spiro atoms. The van der Waals surface area contributed by atoms with Gasteiger partial charge in [-0.2, -0.15) is 0 Å². The molecule has 1 aliphatic rings. The molecule has 142 valence electrons. The number of carboxylic acid groups (broad SMARTS) is 2. The van der Waals surface area contributed by atoms with Crippen LogP contribution >= 0.6 is 0 Å². The molecule has 1 aliphatic heterocycles. The predicted octanol–water partition coefficient (Wildman–Crippen LogP) is 1.94. The van der Waals surface area contributed by atoms with Crippen LogP contribution in [0.4, 0.5) is 0 Å². The molecule has 28 heavy (non-hydrogen) atoms. The van der Waals surface area contributed by atoms with Crippen molar-refractivity contribution in [3.63, 3.8) is 0 Å². The number of carboxylic acids is 2. The lowest BCUT2D eigenvalue weighted by Gasteiger charge is -2.37. The Morgan fingerprint density at radius 1 is 0.857 bits per heavy atom. The topological polar surface area (TPSA) is 107 Å². The van der Waals surface area contributed by atoms with Crippen molar-refractivity contribution in [1.29, 1.82) is 0 Å². The third-order valence-electron chi connectivity index (χ3n) is 5.10. The number of carbonyl (C=O) groups is 3. The van der Waals surface area contributed by atoms with Crippen molar-refractivity contribution >= 4 is 39.4 Å². The summed E-state index contributed by atoms with van der Waals surface area (Å²) in [5.41, 5.74) is 0.333. The molecule has 0 bridgehead atoms. The lowest BCUT2D eigenvalue weighted by Crippen LogP contribution is -2.65. The first-order valence-electron chi connectivity index (χ1n) is 8.88. The first-order valence-corrected chi connectivity index (χ1v) is 8.88. The Bertz CT molecular complexity index is 1110. The summed E-state index contributed by atoms with van der Waals surface area (Å²) in [5.74, 6) is -3.13. The van der Waals surface area contributed by atoms with Crippen LogP contribution in [-0.4, -0.2) is 58.1 Å². The van der Waals surface area contributed by atoms with E-state index in [0.717, 1.165) is 26.4 Å². The minimum atomic E-state index is -1.47. The average Bonchev–Trinajstić information content (AvgIpc) is 2.70. The maximum Gasteiger partial charge on any atom is 0.328 e. The van der Waals surface area contributed by atoms with E-state index in [1.165, 1.54) is 0 Å². The largest absolute Gasteiger partial charge is 0.480 e. The molecular weight excluding hydrogens is 360 g/mol. The van der Waals surface area contributed by atoms with E-state index in [1.54, 1.807) is 12.1 Å². The fourth-order valence-electron chi connectivity index (χ4n) is 3.74. The zero-order valence-electron chi connectivity index (χ0n) is 14.8. The summed E-state index contributed by atoms with van der Waals surface area (Å²) in [5, 5.41) is 25.4. The molecule has 1 amide bonds. The molecule has 7 heteroatoms. The summed E-state index contributed by atoms with van der Waals surface area (Å²) >= 11 is 0. The van der Waals surface area contributed by atoms with Crippen molar-refractivity contribution in [2.75, 3.05) is 13.1 Å². The van der Waals surface area contributed by atoms with Gasteiger partial charge in [0.1, 0.15) is 6.04 Å². The van der Waals surface area contributed by atoms with Gasteiger partial charge in [-0.15, -0.1) is 0 Å². The van der Waals surface area contributed by atoms with Crippen LogP contribution in [0.5, 0.6) is 0 Å². The minimum absolute atomic E-state index is 0.120. The summed E-state index contributed by atoms with van der Waals surface area (Å²) < 4.78 is 0. The van der Waals surface area contributed by atoms with Gasteiger partial charge in [-0.05, 0) is 45.8 Å². The van der Waals surface area contributed by atoms with E-state index in [2.05, 4.69) is 5.32 Å². The summed E-state index contributed by atoms with van der Waals surface area (Å²) in [6, 6.07) is 14.3. The summed E-state index contributed by atoms with van der Waals surface area (Å²) in [6.45, 7) is 0.333. The van der Waals surface area contributed by atoms with Crippen molar-refractivity contribution in [3.05, 3.63) is 60.2 Å². The van der Waals surface area contributed by atoms with Crippen LogP contribution in [-0.2, 0) is 9.59 Å². The number of hydrogen-bond acceptors (Lipinski definition) is 4. The number of aliphatic carboxylic acids is 2. The number of hydrogen-bond donors (Lipinski definition) is 3. The van der Waals surface area contributed by atoms with Crippen molar-refractivity contribution in [2.45, 2.75) is 12.1 Å². The lowest BCUT2D eigenvalue weighted by molar-refractivity contribution is -0.152. The normalized spacial score (nSPS) is 19.6. The molecule has 1 heterocycles. The van der Waals surface area contributed by atoms with Crippen molar-refractivity contribution in [2.24, 2.45) is 0 Å². The zero-order chi connectivity index (χ0) is 19.8. The van der Waals surface area contributed by atoms with Crippen LogP contribution in [0.25, 0.3) is 21.5 Å². The summed E-state index contributed by atoms with van der Waals surface area (Å²) in [6.07, 6.45) is 0. The van der Waals surface area contributed by atoms with Crippen molar-refractivity contribution < 1.29 is 24.6 Å². The fraction of sp³-hybridized carbons (Fsp3) is 0.190. The van der Waals surface area contributed by atoms with Gasteiger partial charge >= 0.3 is 11.9 Å². The van der Waals surface area contributed by atoms with Gasteiger partial charge in [0.15, 0.2) is 6.04 Å². The van der Waals surface area contributed by atoms with Crippen molar-refractivity contribution in [1.82, 2.24) is 10.2 Å². The lowest BCUT2D eigenvalue weighted by atomic mass is 9.99. The Morgan fingerprint density at radius 2 is 1.50 bits per heavy atom.